The molecular formula is C15H29O15P. The first kappa shape index (κ1) is 26.9. The lowest BCUT2D eigenvalue weighted by Gasteiger charge is -2.43. The minimum Gasteiger partial charge on any atom is -0.394 e. The van der Waals surface area contributed by atoms with Crippen molar-refractivity contribution in [3.63, 3.8) is 0 Å². The van der Waals surface area contributed by atoms with Gasteiger partial charge < -0.3 is 69.6 Å². The van der Waals surface area contributed by atoms with E-state index in [2.05, 4.69) is 0 Å². The average Bonchev–Trinajstić information content (AvgIpc) is 2.96. The minimum atomic E-state index is -4.88. The third-order valence-electron chi connectivity index (χ3n) is 5.18. The summed E-state index contributed by atoms with van der Waals surface area (Å²) in [5.74, 6) is -4.56. The summed E-state index contributed by atoms with van der Waals surface area (Å²) in [4.78, 5) is 17.9. The summed E-state index contributed by atoms with van der Waals surface area (Å²) in [5.41, 5.74) is 0. The number of hydrogen-bond donors (Lipinski definition) is 10. The molecule has 0 amide bonds. The van der Waals surface area contributed by atoms with E-state index in [4.69, 9.17) is 28.7 Å². The lowest BCUT2D eigenvalue weighted by atomic mass is 9.99. The Kier molecular flexibility index (Phi) is 8.94. The molecule has 2 saturated heterocycles. The number of aliphatic hydroxyl groups is 8. The van der Waals surface area contributed by atoms with Crippen molar-refractivity contribution in [3.05, 3.63) is 0 Å². The highest BCUT2D eigenvalue weighted by molar-refractivity contribution is 7.52. The number of rotatable bonds is 9. The molecule has 31 heavy (non-hydrogen) atoms. The second-order valence-corrected chi connectivity index (χ2v) is 9.13. The second kappa shape index (κ2) is 10.3. The summed E-state index contributed by atoms with van der Waals surface area (Å²) in [6, 6.07) is 0. The molecule has 0 saturated carbocycles. The van der Waals surface area contributed by atoms with Crippen LogP contribution in [0.25, 0.3) is 0 Å². The molecule has 2 aliphatic heterocycles. The molecule has 0 aromatic carbocycles. The highest BCUT2D eigenvalue weighted by Crippen LogP contribution is 2.42. The van der Waals surface area contributed by atoms with Crippen LogP contribution in [0.2, 0.25) is 0 Å². The van der Waals surface area contributed by atoms with E-state index < -0.39 is 94.2 Å². The van der Waals surface area contributed by atoms with Crippen LogP contribution in [0.4, 0.5) is 0 Å². The molecule has 11 atom stereocenters. The van der Waals surface area contributed by atoms with Crippen molar-refractivity contribution in [1.29, 1.82) is 0 Å². The number of aliphatic hydroxyl groups excluding tert-OH is 8. The summed E-state index contributed by atoms with van der Waals surface area (Å²) in [5, 5.41) is 78.8. The van der Waals surface area contributed by atoms with E-state index in [1.807, 2.05) is 0 Å². The summed E-state index contributed by atoms with van der Waals surface area (Å²) < 4.78 is 32.0. The normalized spacial score (nSPS) is 43.7. The van der Waals surface area contributed by atoms with E-state index in [0.29, 0.717) is 0 Å². The van der Waals surface area contributed by atoms with Crippen LogP contribution in [-0.2, 0) is 23.5 Å². The monoisotopic (exact) mass is 480 g/mol. The van der Waals surface area contributed by atoms with Gasteiger partial charge in [-0.1, -0.05) is 0 Å². The van der Waals surface area contributed by atoms with Gasteiger partial charge in [-0.25, -0.2) is 0 Å². The lowest BCUT2D eigenvalue weighted by Crippen LogP contribution is -2.62. The third-order valence-corrected chi connectivity index (χ3v) is 6.29. The van der Waals surface area contributed by atoms with Crippen LogP contribution in [0.3, 0.4) is 0 Å². The van der Waals surface area contributed by atoms with Gasteiger partial charge in [0.05, 0.1) is 19.3 Å². The Labute approximate surface area is 176 Å². The Hall–Kier alpha value is -0.330. The van der Waals surface area contributed by atoms with Crippen molar-refractivity contribution >= 4 is 7.60 Å². The van der Waals surface area contributed by atoms with E-state index in [1.165, 1.54) is 0 Å². The van der Waals surface area contributed by atoms with Crippen LogP contribution in [-0.4, -0.2) is 137 Å². The third kappa shape index (κ3) is 5.60. The van der Waals surface area contributed by atoms with Crippen LogP contribution in [0.15, 0.2) is 0 Å². The molecule has 184 valence electrons. The minimum absolute atomic E-state index is 0.601. The standard InChI is InChI=1S/C15H29O15P/c1-5(13(23)31(24,25)26)27-3-7-9(19)12(22)15(4-17,29-7)30-14-11(21)10(20)8(18)6(2-16)28-14/h5-14,16-23H,2-4H2,1H3,(H2,24,25,26)/t5?,6-,7?,8+,9?,10?,11-,12?,13?,14-,15?/m1/s1. The van der Waals surface area contributed by atoms with Crippen molar-refractivity contribution in [1.82, 2.24) is 0 Å². The molecule has 0 aliphatic carbocycles. The molecule has 0 radical (unpaired) electrons. The van der Waals surface area contributed by atoms with Crippen LogP contribution >= 0.6 is 7.60 Å². The zero-order chi connectivity index (χ0) is 23.7. The maximum absolute atomic E-state index is 11.1. The van der Waals surface area contributed by atoms with Gasteiger partial charge in [0.2, 0.25) is 5.79 Å². The van der Waals surface area contributed by atoms with Crippen molar-refractivity contribution in [3.8, 4) is 0 Å². The van der Waals surface area contributed by atoms with Crippen LogP contribution < -0.4 is 0 Å². The molecule has 7 unspecified atom stereocenters. The summed E-state index contributed by atoms with van der Waals surface area (Å²) in [6.07, 6.45) is -15.1. The van der Waals surface area contributed by atoms with E-state index in [1.54, 1.807) is 0 Å². The quantitative estimate of drug-likeness (QED) is 0.138. The first-order valence-electron chi connectivity index (χ1n) is 9.27. The molecule has 10 N–H and O–H groups in total. The molecule has 2 fully saturated rings. The molecule has 0 aromatic heterocycles. The molecule has 2 heterocycles. The van der Waals surface area contributed by atoms with Gasteiger partial charge in [0.15, 0.2) is 12.1 Å². The van der Waals surface area contributed by atoms with Gasteiger partial charge in [0.25, 0.3) is 0 Å². The fourth-order valence-electron chi connectivity index (χ4n) is 3.22. The van der Waals surface area contributed by atoms with Gasteiger partial charge in [-0.15, -0.1) is 0 Å². The zero-order valence-corrected chi connectivity index (χ0v) is 17.2. The zero-order valence-electron chi connectivity index (χ0n) is 16.4. The molecule has 2 rings (SSSR count). The topological polar surface area (TPSA) is 256 Å². The number of ether oxygens (including phenoxy) is 4. The van der Waals surface area contributed by atoms with Crippen molar-refractivity contribution < 1.29 is 74.2 Å². The van der Waals surface area contributed by atoms with E-state index >= 15 is 0 Å². The summed E-state index contributed by atoms with van der Waals surface area (Å²) in [7, 11) is -4.88. The van der Waals surface area contributed by atoms with E-state index in [9.17, 15) is 45.4 Å². The molecule has 0 spiro atoms. The van der Waals surface area contributed by atoms with E-state index in [-0.39, 0.29) is 0 Å². The van der Waals surface area contributed by atoms with E-state index in [0.717, 1.165) is 6.92 Å². The van der Waals surface area contributed by atoms with Crippen LogP contribution in [0.5, 0.6) is 0 Å². The Bertz CT molecular complexity index is 630. The maximum Gasteiger partial charge on any atom is 0.356 e. The first-order chi connectivity index (χ1) is 14.3. The van der Waals surface area contributed by atoms with Crippen LogP contribution in [0.1, 0.15) is 6.92 Å². The average molecular weight is 480 g/mol. The molecule has 0 bridgehead atoms. The maximum atomic E-state index is 11.1. The Morgan fingerprint density at radius 3 is 2.13 bits per heavy atom. The Morgan fingerprint density at radius 2 is 1.61 bits per heavy atom. The number of hydrogen-bond acceptors (Lipinski definition) is 13. The molecular weight excluding hydrogens is 451 g/mol. The predicted octanol–water partition coefficient (Wildman–Crippen LogP) is -5.49. The van der Waals surface area contributed by atoms with Gasteiger partial charge in [-0.2, -0.15) is 0 Å². The van der Waals surface area contributed by atoms with Gasteiger partial charge in [-0.3, -0.25) is 4.57 Å². The highest BCUT2D eigenvalue weighted by Gasteiger charge is 2.58. The fourth-order valence-corrected chi connectivity index (χ4v) is 3.86. The molecule has 16 heteroatoms. The predicted molar refractivity (Wildman–Crippen MR) is 95.0 cm³/mol. The Morgan fingerprint density at radius 1 is 1.00 bits per heavy atom. The SMILES string of the molecule is CC(OCC1OC(CO)(O[C@H]2O[C@H](CO)[C@H](O)C(O)[C@H]2O)C(O)C1O)C(O)P(=O)(O)O. The van der Waals surface area contributed by atoms with Gasteiger partial charge in [-0.05, 0) is 6.92 Å². The highest BCUT2D eigenvalue weighted by atomic mass is 31.2. The summed E-state index contributed by atoms with van der Waals surface area (Å²) >= 11 is 0. The van der Waals surface area contributed by atoms with Crippen molar-refractivity contribution in [2.24, 2.45) is 0 Å². The van der Waals surface area contributed by atoms with Gasteiger partial charge in [0.1, 0.15) is 49.3 Å². The lowest BCUT2D eigenvalue weighted by molar-refractivity contribution is -0.384. The van der Waals surface area contributed by atoms with Crippen LogP contribution in [0, 0.1) is 0 Å². The second-order valence-electron chi connectivity index (χ2n) is 7.42. The fraction of sp³-hybridized carbons (Fsp3) is 1.00. The van der Waals surface area contributed by atoms with Crippen molar-refractivity contribution in [2.45, 2.75) is 73.7 Å². The largest absolute Gasteiger partial charge is 0.394 e. The van der Waals surface area contributed by atoms with Crippen molar-refractivity contribution in [2.75, 3.05) is 19.8 Å². The van der Waals surface area contributed by atoms with Gasteiger partial charge >= 0.3 is 7.60 Å². The molecule has 2 aliphatic rings. The van der Waals surface area contributed by atoms with Gasteiger partial charge in [0, 0.05) is 0 Å². The molecule has 0 aromatic rings. The Balaban J connectivity index is 2.10. The summed E-state index contributed by atoms with van der Waals surface area (Å²) in [6.45, 7) is -1.31. The smallest absolute Gasteiger partial charge is 0.356 e. The molecule has 15 nitrogen and oxygen atoms in total. The first-order valence-corrected chi connectivity index (χ1v) is 10.9.